The monoisotopic (exact) mass is 241 g/mol. The highest BCUT2D eigenvalue weighted by atomic mass is 19.2. The Kier molecular flexibility index (Phi) is 2.93. The molecule has 0 aliphatic rings. The quantitative estimate of drug-likeness (QED) is 0.821. The van der Waals surface area contributed by atoms with E-state index >= 15 is 0 Å². The normalized spacial score (nSPS) is 12.8. The molecular formula is C12H10F3NO. The lowest BCUT2D eigenvalue weighted by Gasteiger charge is -2.12. The van der Waals surface area contributed by atoms with Gasteiger partial charge in [-0.1, -0.05) is 6.07 Å². The third kappa shape index (κ3) is 1.93. The van der Waals surface area contributed by atoms with E-state index in [1.54, 1.807) is 13.0 Å². The SMILES string of the molecule is Cc1occc1C(N)c1ccc(F)c(F)c1F. The topological polar surface area (TPSA) is 39.2 Å². The molecule has 1 aromatic carbocycles. The van der Waals surface area contributed by atoms with E-state index in [0.29, 0.717) is 11.3 Å². The summed E-state index contributed by atoms with van der Waals surface area (Å²) < 4.78 is 44.4. The van der Waals surface area contributed by atoms with Gasteiger partial charge in [0.25, 0.3) is 0 Å². The first-order chi connectivity index (χ1) is 8.02. The van der Waals surface area contributed by atoms with Gasteiger partial charge in [0.15, 0.2) is 17.5 Å². The zero-order chi connectivity index (χ0) is 12.6. The van der Waals surface area contributed by atoms with Gasteiger partial charge in [-0.3, -0.25) is 0 Å². The number of rotatable bonds is 2. The maximum absolute atomic E-state index is 13.5. The molecule has 1 heterocycles. The van der Waals surface area contributed by atoms with Crippen LogP contribution in [-0.2, 0) is 0 Å². The molecule has 0 saturated carbocycles. The van der Waals surface area contributed by atoms with E-state index in [4.69, 9.17) is 10.2 Å². The van der Waals surface area contributed by atoms with Crippen molar-refractivity contribution in [2.75, 3.05) is 0 Å². The molecule has 2 rings (SSSR count). The van der Waals surface area contributed by atoms with Crippen LogP contribution in [0.15, 0.2) is 28.9 Å². The summed E-state index contributed by atoms with van der Waals surface area (Å²) in [6, 6.07) is 2.66. The van der Waals surface area contributed by atoms with E-state index in [1.165, 1.54) is 6.26 Å². The van der Waals surface area contributed by atoms with Gasteiger partial charge < -0.3 is 10.2 Å². The van der Waals surface area contributed by atoms with Gasteiger partial charge in [-0.05, 0) is 19.1 Å². The first kappa shape index (κ1) is 11.7. The minimum atomic E-state index is -1.51. The second-order valence-corrected chi connectivity index (χ2v) is 3.67. The Morgan fingerprint density at radius 1 is 1.06 bits per heavy atom. The number of furan rings is 1. The molecule has 0 aliphatic heterocycles. The summed E-state index contributed by atoms with van der Waals surface area (Å²) in [7, 11) is 0. The molecule has 0 radical (unpaired) electrons. The molecule has 2 nitrogen and oxygen atoms in total. The molecule has 0 amide bonds. The highest BCUT2D eigenvalue weighted by Crippen LogP contribution is 2.27. The number of hydrogen-bond acceptors (Lipinski definition) is 2. The molecule has 0 bridgehead atoms. The smallest absolute Gasteiger partial charge is 0.194 e. The summed E-state index contributed by atoms with van der Waals surface area (Å²) in [5, 5.41) is 0. The van der Waals surface area contributed by atoms with E-state index in [2.05, 4.69) is 0 Å². The van der Waals surface area contributed by atoms with Crippen LogP contribution in [0.1, 0.15) is 22.9 Å². The van der Waals surface area contributed by atoms with Crippen LogP contribution in [0.4, 0.5) is 13.2 Å². The fourth-order valence-electron chi connectivity index (χ4n) is 1.67. The van der Waals surface area contributed by atoms with E-state index < -0.39 is 23.5 Å². The van der Waals surface area contributed by atoms with Crippen molar-refractivity contribution in [3.63, 3.8) is 0 Å². The van der Waals surface area contributed by atoms with Gasteiger partial charge in [0.2, 0.25) is 0 Å². The van der Waals surface area contributed by atoms with Crippen LogP contribution < -0.4 is 5.73 Å². The van der Waals surface area contributed by atoms with Gasteiger partial charge in [0.1, 0.15) is 5.76 Å². The summed E-state index contributed by atoms with van der Waals surface area (Å²) in [4.78, 5) is 0. The van der Waals surface area contributed by atoms with Crippen molar-refractivity contribution < 1.29 is 17.6 Å². The molecule has 0 aliphatic carbocycles. The molecule has 1 aromatic heterocycles. The Bertz CT molecular complexity index is 551. The molecular weight excluding hydrogens is 231 g/mol. The van der Waals surface area contributed by atoms with Crippen LogP contribution in [0, 0.1) is 24.4 Å². The largest absolute Gasteiger partial charge is 0.469 e. The van der Waals surface area contributed by atoms with Gasteiger partial charge >= 0.3 is 0 Å². The summed E-state index contributed by atoms with van der Waals surface area (Å²) >= 11 is 0. The number of hydrogen-bond donors (Lipinski definition) is 1. The average molecular weight is 241 g/mol. The Balaban J connectivity index is 2.48. The fraction of sp³-hybridized carbons (Fsp3) is 0.167. The van der Waals surface area contributed by atoms with Crippen LogP contribution in [0.2, 0.25) is 0 Å². The predicted octanol–water partition coefficient (Wildman–Crippen LogP) is 3.05. The first-order valence-corrected chi connectivity index (χ1v) is 4.95. The van der Waals surface area contributed by atoms with Crippen LogP contribution in [0.3, 0.4) is 0 Å². The van der Waals surface area contributed by atoms with Gasteiger partial charge in [0, 0.05) is 11.1 Å². The highest BCUT2D eigenvalue weighted by Gasteiger charge is 2.21. The number of halogens is 3. The zero-order valence-electron chi connectivity index (χ0n) is 9.01. The Labute approximate surface area is 95.8 Å². The number of nitrogens with two attached hydrogens (primary N) is 1. The predicted molar refractivity (Wildman–Crippen MR) is 55.8 cm³/mol. The molecule has 2 aromatic rings. The molecule has 0 saturated heterocycles. The van der Waals surface area contributed by atoms with E-state index in [0.717, 1.165) is 12.1 Å². The van der Waals surface area contributed by atoms with Crippen molar-refractivity contribution in [2.24, 2.45) is 5.73 Å². The fourth-order valence-corrected chi connectivity index (χ4v) is 1.67. The van der Waals surface area contributed by atoms with Gasteiger partial charge in [-0.25, -0.2) is 13.2 Å². The molecule has 1 unspecified atom stereocenters. The second kappa shape index (κ2) is 4.25. The minimum Gasteiger partial charge on any atom is -0.469 e. The second-order valence-electron chi connectivity index (χ2n) is 3.67. The van der Waals surface area contributed by atoms with Crippen molar-refractivity contribution in [3.8, 4) is 0 Å². The van der Waals surface area contributed by atoms with Crippen LogP contribution in [-0.4, -0.2) is 0 Å². The van der Waals surface area contributed by atoms with Crippen LogP contribution >= 0.6 is 0 Å². The average Bonchev–Trinajstić information content (AvgIpc) is 2.72. The van der Waals surface area contributed by atoms with Crippen molar-refractivity contribution in [1.29, 1.82) is 0 Å². The summed E-state index contributed by atoms with van der Waals surface area (Å²) in [6.45, 7) is 1.66. The van der Waals surface area contributed by atoms with E-state index in [-0.39, 0.29) is 5.56 Å². The number of benzene rings is 1. The van der Waals surface area contributed by atoms with Gasteiger partial charge in [-0.2, -0.15) is 0 Å². The zero-order valence-corrected chi connectivity index (χ0v) is 9.01. The molecule has 0 fully saturated rings. The molecule has 90 valence electrons. The molecule has 0 spiro atoms. The van der Waals surface area contributed by atoms with Gasteiger partial charge in [0.05, 0.1) is 12.3 Å². The molecule has 5 heteroatoms. The standard InChI is InChI=1S/C12H10F3NO/c1-6-7(4-5-17-6)12(16)8-2-3-9(13)11(15)10(8)14/h2-5,12H,16H2,1H3. The summed E-state index contributed by atoms with van der Waals surface area (Å²) in [6.07, 6.45) is 1.41. The van der Waals surface area contributed by atoms with Crippen molar-refractivity contribution in [1.82, 2.24) is 0 Å². The lowest BCUT2D eigenvalue weighted by Crippen LogP contribution is -2.15. The highest BCUT2D eigenvalue weighted by molar-refractivity contribution is 5.33. The van der Waals surface area contributed by atoms with Crippen molar-refractivity contribution >= 4 is 0 Å². The Hall–Kier alpha value is -1.75. The first-order valence-electron chi connectivity index (χ1n) is 4.95. The Morgan fingerprint density at radius 3 is 2.35 bits per heavy atom. The number of aryl methyl sites for hydroxylation is 1. The minimum absolute atomic E-state index is 0.103. The maximum atomic E-state index is 13.5. The van der Waals surface area contributed by atoms with Crippen molar-refractivity contribution in [3.05, 3.63) is 58.8 Å². The third-order valence-electron chi connectivity index (χ3n) is 2.63. The van der Waals surface area contributed by atoms with Crippen LogP contribution in [0.25, 0.3) is 0 Å². The van der Waals surface area contributed by atoms with Crippen molar-refractivity contribution in [2.45, 2.75) is 13.0 Å². The lowest BCUT2D eigenvalue weighted by atomic mass is 9.99. The summed E-state index contributed by atoms with van der Waals surface area (Å²) in [5.41, 5.74) is 6.23. The van der Waals surface area contributed by atoms with E-state index in [9.17, 15) is 13.2 Å². The lowest BCUT2D eigenvalue weighted by molar-refractivity contribution is 0.438. The van der Waals surface area contributed by atoms with Gasteiger partial charge in [-0.15, -0.1) is 0 Å². The molecule has 1 atom stereocenters. The third-order valence-corrected chi connectivity index (χ3v) is 2.63. The summed E-state index contributed by atoms with van der Waals surface area (Å²) in [5.74, 6) is -3.50. The maximum Gasteiger partial charge on any atom is 0.194 e. The Morgan fingerprint density at radius 2 is 1.76 bits per heavy atom. The molecule has 17 heavy (non-hydrogen) atoms. The van der Waals surface area contributed by atoms with E-state index in [1.807, 2.05) is 0 Å². The molecule has 2 N–H and O–H groups in total. The van der Waals surface area contributed by atoms with Crippen LogP contribution in [0.5, 0.6) is 0 Å².